The number of ether oxygens (including phenoxy) is 1. The van der Waals surface area contributed by atoms with Crippen molar-refractivity contribution in [3.05, 3.63) is 34.2 Å². The molecule has 2 rings (SSSR count). The number of thiazole rings is 1. The van der Waals surface area contributed by atoms with Crippen LogP contribution in [0, 0.1) is 0 Å². The monoisotopic (exact) mass is 348 g/mol. The Balaban J connectivity index is 2.24. The summed E-state index contributed by atoms with van der Waals surface area (Å²) in [5, 5.41) is 0.317. The highest BCUT2D eigenvalue weighted by molar-refractivity contribution is 9.11. The van der Waals surface area contributed by atoms with Crippen LogP contribution in [0.4, 0.5) is 5.13 Å². The molecule has 18 heavy (non-hydrogen) atoms. The Labute approximate surface area is 117 Å². The zero-order chi connectivity index (χ0) is 13.2. The minimum Gasteiger partial charge on any atom is -0.497 e. The van der Waals surface area contributed by atoms with Gasteiger partial charge in [-0.05, 0) is 40.2 Å². The van der Waals surface area contributed by atoms with Crippen LogP contribution in [0.3, 0.4) is 0 Å². The maximum absolute atomic E-state index is 12.0. The summed E-state index contributed by atoms with van der Waals surface area (Å²) in [5.74, 6) is 0.603. The van der Waals surface area contributed by atoms with E-state index in [-0.39, 0.29) is 4.90 Å². The smallest absolute Gasteiger partial charge is 0.263 e. The molecule has 0 aliphatic heterocycles. The molecular formula is C10H9BrN2O3S2. The summed E-state index contributed by atoms with van der Waals surface area (Å²) in [4.78, 5) is 4.08. The molecule has 0 fully saturated rings. The van der Waals surface area contributed by atoms with E-state index in [1.165, 1.54) is 36.8 Å². The number of hydrogen-bond donors (Lipinski definition) is 1. The molecule has 1 aromatic heterocycles. The van der Waals surface area contributed by atoms with Crippen molar-refractivity contribution in [2.75, 3.05) is 11.8 Å². The Morgan fingerprint density at radius 2 is 2.00 bits per heavy atom. The number of methoxy groups -OCH3 is 1. The van der Waals surface area contributed by atoms with Crippen molar-refractivity contribution in [2.24, 2.45) is 0 Å². The van der Waals surface area contributed by atoms with E-state index in [1.54, 1.807) is 12.1 Å². The lowest BCUT2D eigenvalue weighted by Crippen LogP contribution is -2.12. The van der Waals surface area contributed by atoms with E-state index in [9.17, 15) is 8.42 Å². The van der Waals surface area contributed by atoms with Gasteiger partial charge in [-0.3, -0.25) is 4.72 Å². The second kappa shape index (κ2) is 5.25. The molecule has 1 N–H and O–H groups in total. The Hall–Kier alpha value is -1.12. The summed E-state index contributed by atoms with van der Waals surface area (Å²) in [6.45, 7) is 0. The molecule has 0 bridgehead atoms. The third-order valence-electron chi connectivity index (χ3n) is 2.07. The molecule has 0 spiro atoms. The van der Waals surface area contributed by atoms with Crippen molar-refractivity contribution in [2.45, 2.75) is 4.90 Å². The van der Waals surface area contributed by atoms with E-state index in [4.69, 9.17) is 4.74 Å². The summed E-state index contributed by atoms with van der Waals surface area (Å²) in [5.41, 5.74) is 0. The number of rotatable bonds is 4. The van der Waals surface area contributed by atoms with Crippen LogP contribution in [0.2, 0.25) is 0 Å². The minimum atomic E-state index is -3.60. The Morgan fingerprint density at radius 1 is 1.33 bits per heavy atom. The summed E-state index contributed by atoms with van der Waals surface area (Å²) in [6.07, 6.45) is 1.54. The van der Waals surface area contributed by atoms with Crippen LogP contribution < -0.4 is 9.46 Å². The molecule has 1 heterocycles. The third kappa shape index (κ3) is 3.01. The van der Waals surface area contributed by atoms with Crippen LogP contribution in [-0.4, -0.2) is 20.5 Å². The van der Waals surface area contributed by atoms with Crippen molar-refractivity contribution in [1.29, 1.82) is 0 Å². The lowest BCUT2D eigenvalue weighted by molar-refractivity contribution is 0.414. The average Bonchev–Trinajstić information content (AvgIpc) is 2.74. The molecule has 0 radical (unpaired) electrons. The van der Waals surface area contributed by atoms with E-state index in [0.717, 1.165) is 3.79 Å². The molecule has 0 unspecified atom stereocenters. The van der Waals surface area contributed by atoms with Crippen LogP contribution in [0.5, 0.6) is 5.75 Å². The van der Waals surface area contributed by atoms with Crippen LogP contribution in [0.1, 0.15) is 0 Å². The first kappa shape index (κ1) is 13.3. The van der Waals surface area contributed by atoms with Crippen molar-refractivity contribution < 1.29 is 13.2 Å². The molecule has 0 aliphatic carbocycles. The van der Waals surface area contributed by atoms with Gasteiger partial charge in [0.05, 0.1) is 22.0 Å². The topological polar surface area (TPSA) is 68.3 Å². The summed E-state index contributed by atoms with van der Waals surface area (Å²) < 4.78 is 32.2. The normalized spacial score (nSPS) is 11.2. The van der Waals surface area contributed by atoms with Gasteiger partial charge in [-0.1, -0.05) is 11.3 Å². The first-order valence-electron chi connectivity index (χ1n) is 4.79. The Kier molecular flexibility index (Phi) is 3.88. The molecule has 5 nitrogen and oxygen atoms in total. The first-order chi connectivity index (χ1) is 8.51. The number of nitrogens with zero attached hydrogens (tertiary/aromatic N) is 1. The zero-order valence-corrected chi connectivity index (χ0v) is 12.5. The van der Waals surface area contributed by atoms with Crippen molar-refractivity contribution in [1.82, 2.24) is 4.98 Å². The van der Waals surface area contributed by atoms with Gasteiger partial charge in [0.25, 0.3) is 10.0 Å². The zero-order valence-electron chi connectivity index (χ0n) is 9.25. The number of nitrogens with one attached hydrogen (secondary N) is 1. The van der Waals surface area contributed by atoms with Gasteiger partial charge in [0.15, 0.2) is 5.13 Å². The van der Waals surface area contributed by atoms with E-state index >= 15 is 0 Å². The second-order valence-electron chi connectivity index (χ2n) is 3.25. The highest BCUT2D eigenvalue weighted by Gasteiger charge is 2.15. The van der Waals surface area contributed by atoms with Crippen LogP contribution in [0.25, 0.3) is 0 Å². The van der Waals surface area contributed by atoms with Gasteiger partial charge >= 0.3 is 0 Å². The molecule has 96 valence electrons. The molecule has 0 atom stereocenters. The molecule has 1 aromatic carbocycles. The largest absolute Gasteiger partial charge is 0.497 e. The van der Waals surface area contributed by atoms with E-state index < -0.39 is 10.0 Å². The van der Waals surface area contributed by atoms with Gasteiger partial charge in [0.2, 0.25) is 0 Å². The second-order valence-corrected chi connectivity index (χ2v) is 7.34. The van der Waals surface area contributed by atoms with Crippen molar-refractivity contribution in [3.63, 3.8) is 0 Å². The van der Waals surface area contributed by atoms with Crippen LogP contribution in [0.15, 0.2) is 39.1 Å². The quantitative estimate of drug-likeness (QED) is 0.922. The third-order valence-corrected chi connectivity index (χ3v) is 4.94. The van der Waals surface area contributed by atoms with Crippen molar-refractivity contribution >= 4 is 42.4 Å². The molecule has 0 amide bonds. The highest BCUT2D eigenvalue weighted by Crippen LogP contribution is 2.25. The predicted octanol–water partition coefficient (Wildman–Crippen LogP) is 2.71. The molecule has 0 aliphatic rings. The van der Waals surface area contributed by atoms with Crippen molar-refractivity contribution in [3.8, 4) is 5.75 Å². The molecule has 8 heteroatoms. The summed E-state index contributed by atoms with van der Waals surface area (Å²) in [6, 6.07) is 6.13. The number of halogens is 1. The lowest BCUT2D eigenvalue weighted by atomic mass is 10.3. The van der Waals surface area contributed by atoms with Gasteiger partial charge < -0.3 is 4.74 Å². The van der Waals surface area contributed by atoms with Gasteiger partial charge in [-0.25, -0.2) is 13.4 Å². The Morgan fingerprint density at radius 3 is 2.50 bits per heavy atom. The number of benzene rings is 1. The predicted molar refractivity (Wildman–Crippen MR) is 73.6 cm³/mol. The SMILES string of the molecule is COc1ccc(S(=O)(=O)Nc2ncc(Br)s2)cc1. The number of sulfonamides is 1. The fourth-order valence-corrected chi connectivity index (χ4v) is 3.58. The van der Waals surface area contributed by atoms with Gasteiger partial charge in [0, 0.05) is 0 Å². The Bertz CT molecular complexity index is 637. The van der Waals surface area contributed by atoms with Crippen LogP contribution >= 0.6 is 27.3 Å². The molecule has 0 saturated heterocycles. The maximum atomic E-state index is 12.0. The summed E-state index contributed by atoms with van der Waals surface area (Å²) >= 11 is 4.43. The van der Waals surface area contributed by atoms with E-state index in [2.05, 4.69) is 25.6 Å². The van der Waals surface area contributed by atoms with Gasteiger partial charge in [-0.15, -0.1) is 0 Å². The first-order valence-corrected chi connectivity index (χ1v) is 7.89. The van der Waals surface area contributed by atoms with Crippen LogP contribution in [-0.2, 0) is 10.0 Å². The molecule has 2 aromatic rings. The van der Waals surface area contributed by atoms with E-state index in [1.807, 2.05) is 0 Å². The highest BCUT2D eigenvalue weighted by atomic mass is 79.9. The summed E-state index contributed by atoms with van der Waals surface area (Å²) in [7, 11) is -2.08. The number of anilines is 1. The lowest BCUT2D eigenvalue weighted by Gasteiger charge is -2.05. The van der Waals surface area contributed by atoms with Gasteiger partial charge in [-0.2, -0.15) is 0 Å². The maximum Gasteiger partial charge on any atom is 0.263 e. The van der Waals surface area contributed by atoms with E-state index in [0.29, 0.717) is 10.9 Å². The average molecular weight is 349 g/mol. The number of aromatic nitrogens is 1. The molecule has 0 saturated carbocycles. The minimum absolute atomic E-state index is 0.162. The fourth-order valence-electron chi connectivity index (χ4n) is 1.23. The molecular weight excluding hydrogens is 340 g/mol. The standard InChI is InChI=1S/C10H9BrN2O3S2/c1-16-7-2-4-8(5-3-7)18(14,15)13-10-12-6-9(11)17-10/h2-6H,1H3,(H,12,13). The number of hydrogen-bond acceptors (Lipinski definition) is 5. The van der Waals surface area contributed by atoms with Gasteiger partial charge in [0.1, 0.15) is 5.75 Å². The fraction of sp³-hybridized carbons (Fsp3) is 0.100.